The summed E-state index contributed by atoms with van der Waals surface area (Å²) >= 11 is 0. The number of ether oxygens (including phenoxy) is 1. The van der Waals surface area contributed by atoms with Gasteiger partial charge in [0.05, 0.1) is 17.6 Å². The van der Waals surface area contributed by atoms with Gasteiger partial charge in [0.2, 0.25) is 0 Å². The van der Waals surface area contributed by atoms with E-state index in [9.17, 15) is 14.4 Å². The quantitative estimate of drug-likeness (QED) is 0.403. The van der Waals surface area contributed by atoms with Crippen LogP contribution >= 0.6 is 0 Å². The SMILES string of the molecule is Cc1ccccc1N1CCN(c2ccc(C(=O)N[C@@H]3CCCN(C(=O)OC(C)(C)C)C3)cc2NC(=O)c2ccco2)CC1. The van der Waals surface area contributed by atoms with Crippen LogP contribution in [0.1, 0.15) is 60.1 Å². The van der Waals surface area contributed by atoms with E-state index < -0.39 is 5.60 Å². The van der Waals surface area contributed by atoms with Gasteiger partial charge in [0.25, 0.3) is 11.8 Å². The maximum Gasteiger partial charge on any atom is 0.410 e. The summed E-state index contributed by atoms with van der Waals surface area (Å²) in [4.78, 5) is 45.3. The largest absolute Gasteiger partial charge is 0.459 e. The minimum Gasteiger partial charge on any atom is -0.459 e. The topological polar surface area (TPSA) is 107 Å². The Bertz CT molecular complexity index is 1440. The second-order valence-corrected chi connectivity index (χ2v) is 12.2. The molecule has 3 aromatic rings. The van der Waals surface area contributed by atoms with Crippen molar-refractivity contribution >= 4 is 35.0 Å². The van der Waals surface area contributed by atoms with Crippen molar-refractivity contribution in [3.8, 4) is 0 Å². The van der Waals surface area contributed by atoms with Crippen molar-refractivity contribution in [2.45, 2.75) is 52.2 Å². The summed E-state index contributed by atoms with van der Waals surface area (Å²) in [5.74, 6) is -0.460. The van der Waals surface area contributed by atoms with E-state index in [2.05, 4.69) is 45.6 Å². The molecule has 2 aromatic carbocycles. The molecule has 5 rings (SSSR count). The van der Waals surface area contributed by atoms with E-state index in [1.807, 2.05) is 32.9 Å². The summed E-state index contributed by atoms with van der Waals surface area (Å²) in [5.41, 5.74) is 3.69. The highest BCUT2D eigenvalue weighted by atomic mass is 16.6. The number of nitrogens with one attached hydrogen (secondary N) is 2. The number of anilines is 3. The van der Waals surface area contributed by atoms with Crippen LogP contribution < -0.4 is 20.4 Å². The average molecular weight is 588 g/mol. The average Bonchev–Trinajstić information content (AvgIpc) is 3.52. The van der Waals surface area contributed by atoms with Crippen LogP contribution in [0.4, 0.5) is 21.9 Å². The Morgan fingerprint density at radius 2 is 1.60 bits per heavy atom. The predicted octanol–water partition coefficient (Wildman–Crippen LogP) is 5.30. The number of nitrogens with zero attached hydrogens (tertiary/aromatic N) is 3. The van der Waals surface area contributed by atoms with E-state index in [-0.39, 0.29) is 29.7 Å². The van der Waals surface area contributed by atoms with Crippen LogP contribution in [-0.4, -0.2) is 73.7 Å². The number of aryl methyl sites for hydroxylation is 1. The Balaban J connectivity index is 1.31. The molecule has 228 valence electrons. The van der Waals surface area contributed by atoms with Crippen LogP contribution in [0.25, 0.3) is 0 Å². The first-order chi connectivity index (χ1) is 20.6. The highest BCUT2D eigenvalue weighted by Crippen LogP contribution is 2.31. The number of piperazine rings is 1. The van der Waals surface area contributed by atoms with E-state index in [0.29, 0.717) is 24.3 Å². The number of amides is 3. The molecule has 0 spiro atoms. The van der Waals surface area contributed by atoms with Gasteiger partial charge in [-0.15, -0.1) is 0 Å². The summed E-state index contributed by atoms with van der Waals surface area (Å²) in [6.45, 7) is 11.8. The zero-order valence-electron chi connectivity index (χ0n) is 25.4. The number of piperidine rings is 1. The molecule has 1 aromatic heterocycles. The van der Waals surface area contributed by atoms with Gasteiger partial charge in [-0.3, -0.25) is 9.59 Å². The lowest BCUT2D eigenvalue weighted by molar-refractivity contribution is 0.0185. The Morgan fingerprint density at radius 3 is 2.28 bits per heavy atom. The number of carbonyl (C=O) groups excluding carboxylic acids is 3. The van der Waals surface area contributed by atoms with Gasteiger partial charge in [-0.05, 0) is 82.5 Å². The Morgan fingerprint density at radius 1 is 0.884 bits per heavy atom. The lowest BCUT2D eigenvalue weighted by atomic mass is 10.0. The molecular formula is C33H41N5O5. The number of para-hydroxylation sites is 1. The molecule has 0 radical (unpaired) electrons. The van der Waals surface area contributed by atoms with Crippen molar-refractivity contribution < 1.29 is 23.5 Å². The lowest BCUT2D eigenvalue weighted by Gasteiger charge is -2.38. The molecule has 0 saturated carbocycles. The number of benzene rings is 2. The molecule has 2 aliphatic rings. The van der Waals surface area contributed by atoms with E-state index >= 15 is 0 Å². The molecule has 2 N–H and O–H groups in total. The Labute approximate surface area is 253 Å². The monoisotopic (exact) mass is 587 g/mol. The molecule has 3 heterocycles. The van der Waals surface area contributed by atoms with Crippen molar-refractivity contribution in [3.63, 3.8) is 0 Å². The smallest absolute Gasteiger partial charge is 0.410 e. The normalized spacial score (nSPS) is 17.4. The molecule has 0 unspecified atom stereocenters. The second kappa shape index (κ2) is 12.8. The van der Waals surface area contributed by atoms with Gasteiger partial charge in [0.15, 0.2) is 5.76 Å². The summed E-state index contributed by atoms with van der Waals surface area (Å²) in [7, 11) is 0. The van der Waals surface area contributed by atoms with E-state index in [1.54, 1.807) is 29.2 Å². The number of hydrogen-bond acceptors (Lipinski definition) is 7. The van der Waals surface area contributed by atoms with Gasteiger partial charge in [-0.2, -0.15) is 0 Å². The number of furan rings is 1. The van der Waals surface area contributed by atoms with Crippen molar-refractivity contribution in [2.75, 3.05) is 54.4 Å². The van der Waals surface area contributed by atoms with Crippen LogP contribution in [-0.2, 0) is 4.74 Å². The van der Waals surface area contributed by atoms with E-state index in [4.69, 9.17) is 9.15 Å². The van der Waals surface area contributed by atoms with Gasteiger partial charge in [0.1, 0.15) is 5.60 Å². The van der Waals surface area contributed by atoms with Gasteiger partial charge in [-0.1, -0.05) is 18.2 Å². The van der Waals surface area contributed by atoms with Crippen LogP contribution in [0, 0.1) is 6.92 Å². The minimum absolute atomic E-state index is 0.189. The predicted molar refractivity (Wildman–Crippen MR) is 167 cm³/mol. The molecular weight excluding hydrogens is 546 g/mol. The fourth-order valence-corrected chi connectivity index (χ4v) is 5.61. The van der Waals surface area contributed by atoms with Gasteiger partial charge >= 0.3 is 6.09 Å². The summed E-state index contributed by atoms with van der Waals surface area (Å²) in [5, 5.41) is 6.05. The van der Waals surface area contributed by atoms with Crippen LogP contribution in [0.15, 0.2) is 65.3 Å². The van der Waals surface area contributed by atoms with Crippen LogP contribution in [0.2, 0.25) is 0 Å². The molecule has 43 heavy (non-hydrogen) atoms. The van der Waals surface area contributed by atoms with Gasteiger partial charge < -0.3 is 34.5 Å². The van der Waals surface area contributed by atoms with Crippen molar-refractivity contribution in [2.24, 2.45) is 0 Å². The maximum atomic E-state index is 13.4. The van der Waals surface area contributed by atoms with Crippen LogP contribution in [0.3, 0.4) is 0 Å². The highest BCUT2D eigenvalue weighted by molar-refractivity contribution is 6.05. The molecule has 1 atom stereocenters. The molecule has 2 saturated heterocycles. The molecule has 10 heteroatoms. The summed E-state index contributed by atoms with van der Waals surface area (Å²) in [6.07, 6.45) is 2.61. The first-order valence-electron chi connectivity index (χ1n) is 14.9. The third-order valence-electron chi connectivity index (χ3n) is 7.74. The van der Waals surface area contributed by atoms with Gasteiger partial charge in [0, 0.05) is 56.6 Å². The zero-order chi connectivity index (χ0) is 30.6. The van der Waals surface area contributed by atoms with Crippen molar-refractivity contribution in [1.29, 1.82) is 0 Å². The fraction of sp³-hybridized carbons (Fsp3) is 0.424. The highest BCUT2D eigenvalue weighted by Gasteiger charge is 2.29. The molecule has 3 amide bonds. The fourth-order valence-electron chi connectivity index (χ4n) is 5.61. The third kappa shape index (κ3) is 7.49. The number of carbonyl (C=O) groups is 3. The number of rotatable bonds is 6. The van der Waals surface area contributed by atoms with E-state index in [0.717, 1.165) is 44.7 Å². The lowest BCUT2D eigenvalue weighted by Crippen LogP contribution is -2.50. The summed E-state index contributed by atoms with van der Waals surface area (Å²) in [6, 6.07) is 16.8. The first-order valence-corrected chi connectivity index (χ1v) is 14.9. The molecule has 0 bridgehead atoms. The third-order valence-corrected chi connectivity index (χ3v) is 7.74. The molecule has 0 aliphatic carbocycles. The van der Waals surface area contributed by atoms with Crippen molar-refractivity contribution in [1.82, 2.24) is 10.2 Å². The number of likely N-dealkylation sites (tertiary alicyclic amines) is 1. The first kappa shape index (κ1) is 30.0. The summed E-state index contributed by atoms with van der Waals surface area (Å²) < 4.78 is 10.8. The second-order valence-electron chi connectivity index (χ2n) is 12.2. The Kier molecular flexibility index (Phi) is 8.94. The van der Waals surface area contributed by atoms with Gasteiger partial charge in [-0.25, -0.2) is 4.79 Å². The Hall–Kier alpha value is -4.47. The zero-order valence-corrected chi connectivity index (χ0v) is 25.4. The molecule has 2 fully saturated rings. The minimum atomic E-state index is -0.585. The van der Waals surface area contributed by atoms with Crippen molar-refractivity contribution in [3.05, 3.63) is 77.7 Å². The van der Waals surface area contributed by atoms with E-state index in [1.165, 1.54) is 17.5 Å². The molecule has 2 aliphatic heterocycles. The number of hydrogen-bond donors (Lipinski definition) is 2. The maximum absolute atomic E-state index is 13.4. The molecule has 10 nitrogen and oxygen atoms in total. The standard InChI is InChI=1S/C33H41N5O5/c1-23-9-5-6-11-27(23)36-16-18-37(19-17-36)28-14-13-24(21-26(28)35-31(40)29-12-8-20-42-29)30(39)34-25-10-7-15-38(22-25)32(41)43-33(2,3)4/h5-6,8-9,11-14,20-21,25H,7,10,15-19,22H2,1-4H3,(H,34,39)(H,35,40)/t25-/m1/s1. The van der Waals surface area contributed by atoms with Crippen LogP contribution in [0.5, 0.6) is 0 Å².